The zero-order valence-corrected chi connectivity index (χ0v) is 7.27. The molecule has 0 aliphatic rings. The molecule has 2 heterocycles. The Morgan fingerprint density at radius 3 is 2.91 bits per heavy atom. The lowest BCUT2D eigenvalue weighted by molar-refractivity contribution is 1.23. The summed E-state index contributed by atoms with van der Waals surface area (Å²) in [4.78, 5) is 10.6. The Bertz CT molecular complexity index is 392. The van der Waals surface area contributed by atoms with Crippen molar-refractivity contribution in [1.29, 1.82) is 0 Å². The summed E-state index contributed by atoms with van der Waals surface area (Å²) in [5.74, 6) is 0. The van der Waals surface area contributed by atoms with E-state index in [1.165, 1.54) is 15.8 Å². The molecule has 0 saturated carbocycles. The summed E-state index contributed by atoms with van der Waals surface area (Å²) in [7, 11) is 0. The van der Waals surface area contributed by atoms with Gasteiger partial charge in [0, 0.05) is 16.5 Å². The molecule has 0 spiro atoms. The van der Waals surface area contributed by atoms with Crippen molar-refractivity contribution in [2.24, 2.45) is 0 Å². The van der Waals surface area contributed by atoms with Gasteiger partial charge >= 0.3 is 0 Å². The third-order valence-electron chi connectivity index (χ3n) is 1.86. The van der Waals surface area contributed by atoms with E-state index in [9.17, 15) is 0 Å². The van der Waals surface area contributed by atoms with Crippen molar-refractivity contribution >= 4 is 21.6 Å². The Hall–Kier alpha value is -0.960. The topological polar surface area (TPSA) is 25.8 Å². The molecule has 0 bridgehead atoms. The standard InChI is InChI=1S/C8H8N2S/c1-5-6(2)11-8-7(5)3-9-4-10-8/h3-4H,1-2H3. The molecule has 3 heteroatoms. The highest BCUT2D eigenvalue weighted by molar-refractivity contribution is 7.18. The fourth-order valence-electron chi connectivity index (χ4n) is 1.07. The number of thiophene rings is 1. The average Bonchev–Trinajstić information content (AvgIpc) is 2.30. The van der Waals surface area contributed by atoms with E-state index in [2.05, 4.69) is 23.8 Å². The van der Waals surface area contributed by atoms with Crippen LogP contribution in [0.25, 0.3) is 10.2 Å². The van der Waals surface area contributed by atoms with Crippen LogP contribution >= 0.6 is 11.3 Å². The molecule has 0 aliphatic carbocycles. The van der Waals surface area contributed by atoms with Gasteiger partial charge in [0.15, 0.2) is 0 Å². The van der Waals surface area contributed by atoms with Crippen LogP contribution in [0.3, 0.4) is 0 Å². The number of aromatic nitrogens is 2. The highest BCUT2D eigenvalue weighted by Crippen LogP contribution is 2.26. The molecular weight excluding hydrogens is 156 g/mol. The molecule has 2 rings (SSSR count). The molecule has 0 radical (unpaired) electrons. The Morgan fingerprint density at radius 1 is 1.36 bits per heavy atom. The van der Waals surface area contributed by atoms with E-state index in [0.29, 0.717) is 0 Å². The van der Waals surface area contributed by atoms with E-state index in [1.54, 1.807) is 17.7 Å². The maximum absolute atomic E-state index is 4.17. The van der Waals surface area contributed by atoms with Crippen molar-refractivity contribution in [2.45, 2.75) is 13.8 Å². The number of fused-ring (bicyclic) bond motifs is 1. The predicted molar refractivity (Wildman–Crippen MR) is 46.9 cm³/mol. The average molecular weight is 164 g/mol. The number of rotatable bonds is 0. The van der Waals surface area contributed by atoms with Crippen LogP contribution < -0.4 is 0 Å². The first kappa shape index (κ1) is 6.73. The first-order valence-corrected chi connectivity index (χ1v) is 4.26. The molecule has 56 valence electrons. The summed E-state index contributed by atoms with van der Waals surface area (Å²) < 4.78 is 0. The summed E-state index contributed by atoms with van der Waals surface area (Å²) in [6.45, 7) is 4.22. The van der Waals surface area contributed by atoms with E-state index >= 15 is 0 Å². The smallest absolute Gasteiger partial charge is 0.127 e. The molecule has 0 N–H and O–H groups in total. The highest BCUT2D eigenvalue weighted by atomic mass is 32.1. The summed E-state index contributed by atoms with van der Waals surface area (Å²) in [5.41, 5.74) is 1.31. The largest absolute Gasteiger partial charge is 0.244 e. The van der Waals surface area contributed by atoms with Crippen molar-refractivity contribution in [1.82, 2.24) is 9.97 Å². The van der Waals surface area contributed by atoms with Crippen LogP contribution in [0.2, 0.25) is 0 Å². The van der Waals surface area contributed by atoms with Gasteiger partial charge in [-0.05, 0) is 19.4 Å². The van der Waals surface area contributed by atoms with E-state index < -0.39 is 0 Å². The molecule has 2 nitrogen and oxygen atoms in total. The first-order valence-electron chi connectivity index (χ1n) is 3.45. The summed E-state index contributed by atoms with van der Waals surface area (Å²) in [6.07, 6.45) is 3.47. The van der Waals surface area contributed by atoms with Gasteiger partial charge in [0.05, 0.1) is 0 Å². The minimum atomic E-state index is 1.09. The normalized spacial score (nSPS) is 10.7. The van der Waals surface area contributed by atoms with Crippen molar-refractivity contribution < 1.29 is 0 Å². The third-order valence-corrected chi connectivity index (χ3v) is 2.99. The fraction of sp³-hybridized carbons (Fsp3) is 0.250. The molecular formula is C8H8N2S. The molecule has 2 aromatic heterocycles. The molecule has 11 heavy (non-hydrogen) atoms. The Morgan fingerprint density at radius 2 is 2.18 bits per heavy atom. The van der Waals surface area contributed by atoms with Gasteiger partial charge in [-0.25, -0.2) is 9.97 Å². The lowest BCUT2D eigenvalue weighted by Gasteiger charge is -1.87. The van der Waals surface area contributed by atoms with Crippen molar-refractivity contribution in [2.75, 3.05) is 0 Å². The maximum atomic E-state index is 4.17. The Labute approximate surface area is 68.9 Å². The van der Waals surface area contributed by atoms with E-state index in [0.717, 1.165) is 4.83 Å². The van der Waals surface area contributed by atoms with E-state index in [4.69, 9.17) is 0 Å². The van der Waals surface area contributed by atoms with Crippen molar-refractivity contribution in [3.05, 3.63) is 23.0 Å². The third kappa shape index (κ3) is 0.922. The molecule has 0 atom stereocenters. The molecule has 0 unspecified atom stereocenters. The Kier molecular flexibility index (Phi) is 1.39. The van der Waals surface area contributed by atoms with E-state index in [-0.39, 0.29) is 0 Å². The molecule has 0 fully saturated rings. The second-order valence-electron chi connectivity index (χ2n) is 2.52. The van der Waals surface area contributed by atoms with Gasteiger partial charge in [0.1, 0.15) is 11.2 Å². The van der Waals surface area contributed by atoms with Crippen LogP contribution in [0.5, 0.6) is 0 Å². The minimum absolute atomic E-state index is 1.09. The minimum Gasteiger partial charge on any atom is -0.244 e. The number of nitrogens with zero attached hydrogens (tertiary/aromatic N) is 2. The van der Waals surface area contributed by atoms with Gasteiger partial charge in [-0.2, -0.15) is 0 Å². The van der Waals surface area contributed by atoms with Gasteiger partial charge < -0.3 is 0 Å². The zero-order chi connectivity index (χ0) is 7.84. The second-order valence-corrected chi connectivity index (χ2v) is 3.73. The van der Waals surface area contributed by atoms with Crippen molar-refractivity contribution in [3.8, 4) is 0 Å². The van der Waals surface area contributed by atoms with Crippen molar-refractivity contribution in [3.63, 3.8) is 0 Å². The van der Waals surface area contributed by atoms with Gasteiger partial charge in [-0.15, -0.1) is 11.3 Å². The monoisotopic (exact) mass is 164 g/mol. The Balaban J connectivity index is 2.92. The van der Waals surface area contributed by atoms with Crippen LogP contribution in [-0.4, -0.2) is 9.97 Å². The predicted octanol–water partition coefficient (Wildman–Crippen LogP) is 2.31. The maximum Gasteiger partial charge on any atom is 0.127 e. The SMILES string of the molecule is Cc1sc2ncncc2c1C. The van der Waals surface area contributed by atoms with Crippen LogP contribution in [0.4, 0.5) is 0 Å². The quantitative estimate of drug-likeness (QED) is 0.597. The summed E-state index contributed by atoms with van der Waals surface area (Å²) >= 11 is 1.73. The molecule has 0 aliphatic heterocycles. The highest BCUT2D eigenvalue weighted by Gasteiger charge is 2.03. The van der Waals surface area contributed by atoms with Crippen LogP contribution in [-0.2, 0) is 0 Å². The lowest BCUT2D eigenvalue weighted by Crippen LogP contribution is -1.75. The zero-order valence-electron chi connectivity index (χ0n) is 6.46. The summed E-state index contributed by atoms with van der Waals surface area (Å²) in [5, 5.41) is 1.19. The van der Waals surface area contributed by atoms with Gasteiger partial charge in [-0.3, -0.25) is 0 Å². The van der Waals surface area contributed by atoms with Gasteiger partial charge in [0.2, 0.25) is 0 Å². The number of hydrogen-bond donors (Lipinski definition) is 0. The second kappa shape index (κ2) is 2.27. The van der Waals surface area contributed by atoms with Gasteiger partial charge in [-0.1, -0.05) is 0 Å². The number of aryl methyl sites for hydroxylation is 2. The van der Waals surface area contributed by atoms with Gasteiger partial charge in [0.25, 0.3) is 0 Å². The molecule has 2 aromatic rings. The van der Waals surface area contributed by atoms with E-state index in [1.807, 2.05) is 6.20 Å². The van der Waals surface area contributed by atoms with Crippen LogP contribution in [0.1, 0.15) is 10.4 Å². The van der Waals surface area contributed by atoms with Crippen LogP contribution in [0, 0.1) is 13.8 Å². The molecule has 0 amide bonds. The van der Waals surface area contributed by atoms with Crippen LogP contribution in [0.15, 0.2) is 12.5 Å². The first-order chi connectivity index (χ1) is 5.29. The molecule has 0 aromatic carbocycles. The number of hydrogen-bond acceptors (Lipinski definition) is 3. The molecule has 0 saturated heterocycles. The lowest BCUT2D eigenvalue weighted by atomic mass is 10.2. The fourth-order valence-corrected chi connectivity index (χ4v) is 2.04. The summed E-state index contributed by atoms with van der Waals surface area (Å²) in [6, 6.07) is 0.